The molecular weight excluding hydrogens is 304 g/mol. The second kappa shape index (κ2) is 7.82. The van der Waals surface area contributed by atoms with Crippen molar-refractivity contribution in [1.82, 2.24) is 4.98 Å². The molecule has 0 saturated heterocycles. The van der Waals surface area contributed by atoms with E-state index in [9.17, 15) is 4.79 Å². The molecule has 1 aromatic carbocycles. The van der Waals surface area contributed by atoms with Crippen LogP contribution in [0.1, 0.15) is 45.4 Å². The van der Waals surface area contributed by atoms with Crippen LogP contribution in [-0.4, -0.2) is 16.6 Å². The van der Waals surface area contributed by atoms with Gasteiger partial charge in [0.1, 0.15) is 5.03 Å². The number of carbonyl (C=O) groups is 1. The summed E-state index contributed by atoms with van der Waals surface area (Å²) in [5.41, 5.74) is 1.83. The third kappa shape index (κ3) is 4.25. The van der Waals surface area contributed by atoms with E-state index in [1.54, 1.807) is 11.8 Å². The summed E-state index contributed by atoms with van der Waals surface area (Å²) in [5.74, 6) is 1.81. The lowest BCUT2D eigenvalue weighted by molar-refractivity contribution is -0.116. The van der Waals surface area contributed by atoms with Gasteiger partial charge in [-0.3, -0.25) is 4.79 Å². The quantitative estimate of drug-likeness (QED) is 0.736. The summed E-state index contributed by atoms with van der Waals surface area (Å²) in [7, 11) is 0. The fourth-order valence-corrected chi connectivity index (χ4v) is 3.98. The zero-order chi connectivity index (χ0) is 16.1. The molecule has 1 aliphatic carbocycles. The van der Waals surface area contributed by atoms with Crippen LogP contribution in [0.25, 0.3) is 10.9 Å². The van der Waals surface area contributed by atoms with Crippen molar-refractivity contribution in [2.24, 2.45) is 5.92 Å². The second-order valence-electron chi connectivity index (χ2n) is 6.20. The monoisotopic (exact) mass is 328 g/mol. The van der Waals surface area contributed by atoms with Crippen molar-refractivity contribution >= 4 is 34.3 Å². The lowest BCUT2D eigenvalue weighted by atomic mass is 10.0. The molecule has 3 nitrogen and oxygen atoms in total. The Hall–Kier alpha value is -1.55. The van der Waals surface area contributed by atoms with E-state index in [0.29, 0.717) is 6.42 Å². The van der Waals surface area contributed by atoms with Crippen molar-refractivity contribution in [2.75, 3.05) is 11.1 Å². The second-order valence-corrected chi connectivity index (χ2v) is 7.46. The third-order valence-electron chi connectivity index (χ3n) is 4.50. The average Bonchev–Trinajstić information content (AvgIpc) is 3.07. The molecule has 0 aliphatic heterocycles. The number of carbonyl (C=O) groups excluding carboxylic acids is 1. The Labute approximate surface area is 142 Å². The van der Waals surface area contributed by atoms with E-state index in [0.717, 1.165) is 39.7 Å². The van der Waals surface area contributed by atoms with E-state index in [-0.39, 0.29) is 5.91 Å². The molecule has 2 aromatic rings. The molecule has 0 bridgehead atoms. The summed E-state index contributed by atoms with van der Waals surface area (Å²) >= 11 is 1.68. The molecule has 1 aromatic heterocycles. The van der Waals surface area contributed by atoms with Gasteiger partial charge in [-0.2, -0.15) is 0 Å². The van der Waals surface area contributed by atoms with Gasteiger partial charge >= 0.3 is 0 Å². The van der Waals surface area contributed by atoms with Crippen LogP contribution in [0.2, 0.25) is 0 Å². The maximum absolute atomic E-state index is 12.3. The predicted octanol–water partition coefficient (Wildman–Crippen LogP) is 5.26. The molecule has 1 amide bonds. The van der Waals surface area contributed by atoms with E-state index < -0.39 is 0 Å². The van der Waals surface area contributed by atoms with Crippen LogP contribution >= 0.6 is 11.8 Å². The highest BCUT2D eigenvalue weighted by Gasteiger charge is 2.17. The van der Waals surface area contributed by atoms with E-state index in [1.807, 2.05) is 30.3 Å². The molecule has 1 heterocycles. The standard InChI is InChI=1S/C19H24N2OS/c1-2-23-19-17(13-15-9-5-6-10-16(15)21-19)20-18(22)12-11-14-7-3-4-8-14/h5-6,9-10,13-14H,2-4,7-8,11-12H2,1H3,(H,20,22). The summed E-state index contributed by atoms with van der Waals surface area (Å²) in [5, 5.41) is 5.07. The summed E-state index contributed by atoms with van der Waals surface area (Å²) < 4.78 is 0. The number of nitrogens with zero attached hydrogens (tertiary/aromatic N) is 1. The summed E-state index contributed by atoms with van der Waals surface area (Å²) in [6.07, 6.45) is 6.89. The number of rotatable bonds is 6. The Morgan fingerprint density at radius 2 is 2.09 bits per heavy atom. The van der Waals surface area contributed by atoms with Gasteiger partial charge in [-0.25, -0.2) is 4.98 Å². The first-order chi connectivity index (χ1) is 11.3. The van der Waals surface area contributed by atoms with Crippen molar-refractivity contribution in [2.45, 2.75) is 50.5 Å². The maximum atomic E-state index is 12.3. The number of pyridine rings is 1. The fraction of sp³-hybridized carbons (Fsp3) is 0.474. The van der Waals surface area contributed by atoms with Gasteiger partial charge < -0.3 is 5.32 Å². The number of aromatic nitrogens is 1. The molecule has 0 unspecified atom stereocenters. The number of fused-ring (bicyclic) bond motifs is 1. The maximum Gasteiger partial charge on any atom is 0.224 e. The predicted molar refractivity (Wildman–Crippen MR) is 98.0 cm³/mol. The molecule has 4 heteroatoms. The lowest BCUT2D eigenvalue weighted by Crippen LogP contribution is -2.14. The minimum atomic E-state index is 0.118. The Bertz CT molecular complexity index is 680. The van der Waals surface area contributed by atoms with Gasteiger partial charge in [0.05, 0.1) is 11.2 Å². The van der Waals surface area contributed by atoms with E-state index >= 15 is 0 Å². The number of benzene rings is 1. The smallest absolute Gasteiger partial charge is 0.224 e. The fourth-order valence-electron chi connectivity index (χ4n) is 3.28. The molecule has 0 radical (unpaired) electrons. The first-order valence-corrected chi connectivity index (χ1v) is 9.57. The highest BCUT2D eigenvalue weighted by molar-refractivity contribution is 7.99. The van der Waals surface area contributed by atoms with E-state index in [1.165, 1.54) is 25.7 Å². The molecule has 1 aliphatic rings. The molecule has 0 atom stereocenters. The first-order valence-electron chi connectivity index (χ1n) is 8.58. The number of thioether (sulfide) groups is 1. The largest absolute Gasteiger partial charge is 0.324 e. The van der Waals surface area contributed by atoms with Crippen LogP contribution in [0.4, 0.5) is 5.69 Å². The van der Waals surface area contributed by atoms with Crippen LogP contribution in [-0.2, 0) is 4.79 Å². The Kier molecular flexibility index (Phi) is 5.55. The summed E-state index contributed by atoms with van der Waals surface area (Å²) in [6, 6.07) is 10.1. The number of amides is 1. The normalized spacial score (nSPS) is 15.2. The topological polar surface area (TPSA) is 42.0 Å². The molecule has 0 spiro atoms. The zero-order valence-corrected chi connectivity index (χ0v) is 14.5. The number of hydrogen-bond acceptors (Lipinski definition) is 3. The van der Waals surface area contributed by atoms with Crippen molar-refractivity contribution in [3.8, 4) is 0 Å². The number of hydrogen-bond donors (Lipinski definition) is 1. The number of nitrogens with one attached hydrogen (secondary N) is 1. The Balaban J connectivity index is 1.71. The Morgan fingerprint density at radius 3 is 2.87 bits per heavy atom. The van der Waals surface area contributed by atoms with Crippen LogP contribution < -0.4 is 5.32 Å². The van der Waals surface area contributed by atoms with Crippen molar-refractivity contribution in [3.05, 3.63) is 30.3 Å². The minimum absolute atomic E-state index is 0.118. The van der Waals surface area contributed by atoms with Gasteiger partial charge in [0, 0.05) is 11.8 Å². The van der Waals surface area contributed by atoms with E-state index in [4.69, 9.17) is 4.98 Å². The molecule has 1 saturated carbocycles. The minimum Gasteiger partial charge on any atom is -0.324 e. The molecule has 23 heavy (non-hydrogen) atoms. The van der Waals surface area contributed by atoms with Crippen molar-refractivity contribution in [1.29, 1.82) is 0 Å². The first kappa shape index (κ1) is 16.3. The molecule has 1 fully saturated rings. The highest BCUT2D eigenvalue weighted by Crippen LogP contribution is 2.31. The van der Waals surface area contributed by atoms with Crippen LogP contribution in [0, 0.1) is 5.92 Å². The van der Waals surface area contributed by atoms with Gasteiger partial charge in [-0.15, -0.1) is 11.8 Å². The van der Waals surface area contributed by atoms with Gasteiger partial charge in [0.15, 0.2) is 0 Å². The molecule has 3 rings (SSSR count). The average molecular weight is 328 g/mol. The van der Waals surface area contributed by atoms with Crippen LogP contribution in [0.3, 0.4) is 0 Å². The summed E-state index contributed by atoms with van der Waals surface area (Å²) in [4.78, 5) is 17.0. The van der Waals surface area contributed by atoms with Gasteiger partial charge in [-0.1, -0.05) is 50.8 Å². The third-order valence-corrected chi connectivity index (χ3v) is 5.37. The number of para-hydroxylation sites is 1. The Morgan fingerprint density at radius 1 is 1.30 bits per heavy atom. The van der Waals surface area contributed by atoms with Gasteiger partial charge in [0.2, 0.25) is 5.91 Å². The zero-order valence-electron chi connectivity index (χ0n) is 13.7. The van der Waals surface area contributed by atoms with Crippen LogP contribution in [0.15, 0.2) is 35.4 Å². The summed E-state index contributed by atoms with van der Waals surface area (Å²) in [6.45, 7) is 2.10. The van der Waals surface area contributed by atoms with Crippen LogP contribution in [0.5, 0.6) is 0 Å². The van der Waals surface area contributed by atoms with Crippen molar-refractivity contribution < 1.29 is 4.79 Å². The van der Waals surface area contributed by atoms with Gasteiger partial charge in [-0.05, 0) is 30.2 Å². The van der Waals surface area contributed by atoms with Gasteiger partial charge in [0.25, 0.3) is 0 Å². The SMILES string of the molecule is CCSc1nc2ccccc2cc1NC(=O)CCC1CCCC1. The molecule has 122 valence electrons. The lowest BCUT2D eigenvalue weighted by Gasteiger charge is -2.12. The van der Waals surface area contributed by atoms with Crippen molar-refractivity contribution in [3.63, 3.8) is 0 Å². The molecular formula is C19H24N2OS. The molecule has 1 N–H and O–H groups in total. The highest BCUT2D eigenvalue weighted by atomic mass is 32.2. The number of anilines is 1. The van der Waals surface area contributed by atoms with E-state index in [2.05, 4.69) is 12.2 Å².